The Labute approximate surface area is 117 Å². The fourth-order valence-electron chi connectivity index (χ4n) is 1.92. The Balaban J connectivity index is 2.18. The molecule has 1 aliphatic rings. The Morgan fingerprint density at radius 1 is 1.55 bits per heavy atom. The first-order valence-electron chi connectivity index (χ1n) is 6.23. The van der Waals surface area contributed by atoms with Crippen molar-refractivity contribution in [2.24, 2.45) is 10.6 Å². The molecule has 0 amide bonds. The van der Waals surface area contributed by atoms with Gasteiger partial charge in [0.15, 0.2) is 0 Å². The molecule has 1 aromatic carbocycles. The maximum absolute atomic E-state index is 9.37. The molecule has 0 aromatic heterocycles. The summed E-state index contributed by atoms with van der Waals surface area (Å²) in [4.78, 5) is 0. The van der Waals surface area contributed by atoms with Crippen LogP contribution in [0.5, 0.6) is 5.75 Å². The molecule has 7 nitrogen and oxygen atoms in total. The van der Waals surface area contributed by atoms with E-state index >= 15 is 0 Å². The van der Waals surface area contributed by atoms with Gasteiger partial charge in [-0.15, -0.1) is 0 Å². The Kier molecular flexibility index (Phi) is 4.31. The molecule has 0 aliphatic carbocycles. The van der Waals surface area contributed by atoms with Gasteiger partial charge in [0.25, 0.3) is 0 Å². The number of hydrogen-bond acceptors (Lipinski definition) is 6. The quantitative estimate of drug-likeness (QED) is 0.306. The van der Waals surface area contributed by atoms with Crippen LogP contribution < -0.4 is 9.75 Å². The number of nitrogens with zero attached hydrogens (tertiary/aromatic N) is 2. The highest BCUT2D eigenvalue weighted by atomic mass is 16.5. The molecular weight excluding hydrogens is 260 g/mol. The van der Waals surface area contributed by atoms with E-state index in [1.165, 1.54) is 0 Å². The summed E-state index contributed by atoms with van der Waals surface area (Å²) < 4.78 is 10.9. The van der Waals surface area contributed by atoms with Crippen LogP contribution in [0.25, 0.3) is 0 Å². The number of nitrogens with one attached hydrogen (secondary N) is 2. The summed E-state index contributed by atoms with van der Waals surface area (Å²) in [6, 6.07) is 5.45. The number of rotatable bonds is 7. The van der Waals surface area contributed by atoms with E-state index < -0.39 is 0 Å². The standard InChI is InChI=1S/C13H18N4O3/c1-10-2-3-12(11(4-10)17(9-14)16-15)20-8-13(5-18)6-19-7-13/h2-4,9,14-15,18H,5-8H2,1H3. The molecule has 20 heavy (non-hydrogen) atoms. The van der Waals surface area contributed by atoms with Crippen molar-refractivity contribution in [1.29, 1.82) is 10.9 Å². The van der Waals surface area contributed by atoms with Crippen molar-refractivity contribution >= 4 is 12.0 Å². The number of benzene rings is 1. The van der Waals surface area contributed by atoms with E-state index in [0.29, 0.717) is 31.3 Å². The first-order valence-corrected chi connectivity index (χ1v) is 6.23. The van der Waals surface area contributed by atoms with Crippen molar-refractivity contribution in [1.82, 2.24) is 0 Å². The van der Waals surface area contributed by atoms with E-state index in [1.807, 2.05) is 13.0 Å². The molecule has 1 fully saturated rings. The second kappa shape index (κ2) is 5.98. The van der Waals surface area contributed by atoms with Gasteiger partial charge in [-0.05, 0) is 24.6 Å². The summed E-state index contributed by atoms with van der Waals surface area (Å²) in [5.41, 5.74) is 8.25. The number of aryl methyl sites for hydroxylation is 1. The van der Waals surface area contributed by atoms with Gasteiger partial charge in [-0.25, -0.2) is 5.01 Å². The zero-order valence-electron chi connectivity index (χ0n) is 11.3. The molecule has 1 aliphatic heterocycles. The lowest BCUT2D eigenvalue weighted by atomic mass is 9.88. The lowest BCUT2D eigenvalue weighted by Gasteiger charge is -2.39. The molecular formula is C13H18N4O3. The van der Waals surface area contributed by atoms with Crippen LogP contribution in [-0.4, -0.2) is 37.9 Å². The predicted molar refractivity (Wildman–Crippen MR) is 73.4 cm³/mol. The highest BCUT2D eigenvalue weighted by Crippen LogP contribution is 2.33. The van der Waals surface area contributed by atoms with Crippen molar-refractivity contribution in [3.8, 4) is 5.75 Å². The minimum Gasteiger partial charge on any atom is -0.490 e. The Morgan fingerprint density at radius 2 is 2.30 bits per heavy atom. The van der Waals surface area contributed by atoms with Crippen molar-refractivity contribution in [2.75, 3.05) is 31.4 Å². The van der Waals surface area contributed by atoms with Crippen molar-refractivity contribution in [2.45, 2.75) is 6.92 Å². The van der Waals surface area contributed by atoms with Crippen LogP contribution in [0.4, 0.5) is 5.69 Å². The molecule has 0 saturated carbocycles. The number of hydrogen-bond donors (Lipinski definition) is 3. The van der Waals surface area contributed by atoms with Crippen molar-refractivity contribution < 1.29 is 14.6 Å². The molecule has 1 aromatic rings. The summed E-state index contributed by atoms with van der Waals surface area (Å²) in [5, 5.41) is 21.0. The third-order valence-electron chi connectivity index (χ3n) is 3.28. The summed E-state index contributed by atoms with van der Waals surface area (Å²) >= 11 is 0. The Hall–Kier alpha value is -1.99. The van der Waals surface area contributed by atoms with Gasteiger partial charge in [0.2, 0.25) is 0 Å². The van der Waals surface area contributed by atoms with Crippen LogP contribution in [0.15, 0.2) is 23.4 Å². The molecule has 2 rings (SSSR count). The molecule has 108 valence electrons. The fourth-order valence-corrected chi connectivity index (χ4v) is 1.92. The van der Waals surface area contributed by atoms with E-state index in [2.05, 4.69) is 5.22 Å². The number of aliphatic hydroxyl groups is 1. The minimum atomic E-state index is -0.351. The summed E-state index contributed by atoms with van der Waals surface area (Å²) in [7, 11) is 0. The molecule has 3 N–H and O–H groups in total. The van der Waals surface area contributed by atoms with Gasteiger partial charge in [0.1, 0.15) is 24.4 Å². The molecule has 0 spiro atoms. The second-order valence-electron chi connectivity index (χ2n) is 4.98. The lowest BCUT2D eigenvalue weighted by molar-refractivity contribution is -0.153. The van der Waals surface area contributed by atoms with Crippen LogP contribution >= 0.6 is 0 Å². The van der Waals surface area contributed by atoms with Gasteiger partial charge >= 0.3 is 0 Å². The van der Waals surface area contributed by atoms with Gasteiger partial charge in [-0.2, -0.15) is 5.53 Å². The second-order valence-corrected chi connectivity index (χ2v) is 4.98. The van der Waals surface area contributed by atoms with Crippen LogP contribution in [0.1, 0.15) is 5.56 Å². The molecule has 1 saturated heterocycles. The van der Waals surface area contributed by atoms with E-state index in [9.17, 15) is 5.11 Å². The Bertz CT molecular complexity index is 489. The van der Waals surface area contributed by atoms with Crippen LogP contribution in [-0.2, 0) is 4.74 Å². The first-order chi connectivity index (χ1) is 9.64. The number of ether oxygens (including phenoxy) is 2. The molecule has 0 bridgehead atoms. The van der Waals surface area contributed by atoms with Crippen molar-refractivity contribution in [3.05, 3.63) is 23.8 Å². The fraction of sp³-hybridized carbons (Fsp3) is 0.462. The molecule has 0 atom stereocenters. The highest BCUT2D eigenvalue weighted by Gasteiger charge is 2.39. The Morgan fingerprint density at radius 3 is 2.80 bits per heavy atom. The largest absolute Gasteiger partial charge is 0.490 e. The molecule has 0 unspecified atom stereocenters. The van der Waals surface area contributed by atoms with E-state index in [0.717, 1.165) is 16.9 Å². The minimum absolute atomic E-state index is 0.00526. The smallest absolute Gasteiger partial charge is 0.145 e. The van der Waals surface area contributed by atoms with Crippen LogP contribution in [0.2, 0.25) is 0 Å². The lowest BCUT2D eigenvalue weighted by Crippen LogP contribution is -2.50. The normalized spacial score (nSPS) is 16.1. The van der Waals surface area contributed by atoms with Gasteiger partial charge in [0.05, 0.1) is 25.2 Å². The third-order valence-corrected chi connectivity index (χ3v) is 3.28. The number of anilines is 1. The summed E-state index contributed by atoms with van der Waals surface area (Å²) in [5.74, 6) is 0.523. The average Bonchev–Trinajstić information content (AvgIpc) is 2.41. The first kappa shape index (κ1) is 14.4. The highest BCUT2D eigenvalue weighted by molar-refractivity contribution is 5.79. The van der Waals surface area contributed by atoms with Gasteiger partial charge < -0.3 is 14.6 Å². The van der Waals surface area contributed by atoms with Crippen LogP contribution in [0, 0.1) is 23.3 Å². The zero-order chi connectivity index (χ0) is 14.6. The van der Waals surface area contributed by atoms with Gasteiger partial charge in [0, 0.05) is 0 Å². The summed E-state index contributed by atoms with van der Waals surface area (Å²) in [6.07, 6.45) is 0.947. The van der Waals surface area contributed by atoms with Gasteiger partial charge in [-0.3, -0.25) is 5.41 Å². The zero-order valence-corrected chi connectivity index (χ0v) is 11.3. The summed E-state index contributed by atoms with van der Waals surface area (Å²) in [6.45, 7) is 3.19. The third kappa shape index (κ3) is 2.78. The van der Waals surface area contributed by atoms with Crippen molar-refractivity contribution in [3.63, 3.8) is 0 Å². The maximum atomic E-state index is 9.37. The predicted octanol–water partition coefficient (Wildman–Crippen LogP) is 1.74. The van der Waals surface area contributed by atoms with Gasteiger partial charge in [-0.1, -0.05) is 11.3 Å². The van der Waals surface area contributed by atoms with Crippen LogP contribution in [0.3, 0.4) is 0 Å². The molecule has 0 radical (unpaired) electrons. The molecule has 7 heteroatoms. The van der Waals surface area contributed by atoms with E-state index in [-0.39, 0.29) is 12.0 Å². The van der Waals surface area contributed by atoms with E-state index in [4.69, 9.17) is 20.4 Å². The SMILES string of the molecule is Cc1ccc(OCC2(CO)COC2)c(N(C=N)N=N)c1. The monoisotopic (exact) mass is 278 g/mol. The van der Waals surface area contributed by atoms with E-state index in [1.54, 1.807) is 12.1 Å². The topological polar surface area (TPSA) is 102 Å². The molecule has 1 heterocycles. The maximum Gasteiger partial charge on any atom is 0.145 e. The average molecular weight is 278 g/mol. The number of aliphatic hydroxyl groups excluding tert-OH is 1.